The normalized spacial score (nSPS) is 10.7. The van der Waals surface area contributed by atoms with E-state index in [2.05, 4.69) is 0 Å². The number of hydrogen-bond acceptors (Lipinski definition) is 4. The zero-order valence-electron chi connectivity index (χ0n) is 6.06. The van der Waals surface area contributed by atoms with E-state index in [9.17, 15) is 14.5 Å². The van der Waals surface area contributed by atoms with Crippen LogP contribution in [0.4, 0.5) is 0 Å². The SMILES string of the molecule is O=C=C(C/C=[P+](\[O-])CO)C(=O)O. The van der Waals surface area contributed by atoms with Gasteiger partial charge in [-0.05, 0) is 0 Å². The standard InChI is InChI=1S/C6H7O5P/c7-3-5(6(9)10)1-2-12(11)4-8/h2,8H,1,4H2,(H,9,10). The average Bonchev–Trinajstić information content (AvgIpc) is 2.04. The number of carboxylic acid groups (broad SMARTS) is 1. The maximum Gasteiger partial charge on any atom is 0.343 e. The first-order valence-corrected chi connectivity index (χ1v) is 4.48. The maximum atomic E-state index is 10.6. The Bertz CT molecular complexity index is 251. The monoisotopic (exact) mass is 190 g/mol. The van der Waals surface area contributed by atoms with E-state index in [0.717, 1.165) is 5.80 Å². The first-order valence-electron chi connectivity index (χ1n) is 2.97. The van der Waals surface area contributed by atoms with Crippen LogP contribution in [0, 0.1) is 0 Å². The van der Waals surface area contributed by atoms with Gasteiger partial charge in [0.05, 0.1) is 13.6 Å². The first kappa shape index (κ1) is 11.0. The molecular weight excluding hydrogens is 183 g/mol. The van der Waals surface area contributed by atoms with Crippen molar-refractivity contribution in [3.63, 3.8) is 0 Å². The first-order chi connectivity index (χ1) is 5.61. The van der Waals surface area contributed by atoms with E-state index in [1.165, 1.54) is 5.94 Å². The van der Waals surface area contributed by atoms with Crippen LogP contribution in [0.25, 0.3) is 0 Å². The number of aliphatic carboxylic acids is 1. The van der Waals surface area contributed by atoms with Gasteiger partial charge in [0.15, 0.2) is 6.35 Å². The van der Waals surface area contributed by atoms with Gasteiger partial charge in [-0.3, -0.25) is 0 Å². The predicted molar refractivity (Wildman–Crippen MR) is 41.5 cm³/mol. The van der Waals surface area contributed by atoms with Crippen molar-refractivity contribution in [1.82, 2.24) is 0 Å². The van der Waals surface area contributed by atoms with E-state index in [0.29, 0.717) is 0 Å². The molecule has 0 aromatic heterocycles. The van der Waals surface area contributed by atoms with Crippen molar-refractivity contribution < 1.29 is 24.7 Å². The van der Waals surface area contributed by atoms with Gasteiger partial charge in [0.1, 0.15) is 11.5 Å². The summed E-state index contributed by atoms with van der Waals surface area (Å²) >= 11 is 0. The van der Waals surface area contributed by atoms with Gasteiger partial charge in [-0.2, -0.15) is 0 Å². The molecule has 6 heteroatoms. The Labute approximate surface area is 69.4 Å². The smallest absolute Gasteiger partial charge is 0.343 e. The Morgan fingerprint density at radius 1 is 1.67 bits per heavy atom. The number of aliphatic hydroxyl groups excluding tert-OH is 1. The van der Waals surface area contributed by atoms with Crippen molar-refractivity contribution in [2.45, 2.75) is 6.42 Å². The largest absolute Gasteiger partial charge is 0.629 e. The van der Waals surface area contributed by atoms with Crippen LogP contribution in [0.2, 0.25) is 0 Å². The van der Waals surface area contributed by atoms with Gasteiger partial charge < -0.3 is 15.1 Å². The molecule has 0 aliphatic heterocycles. The Morgan fingerprint density at radius 3 is 2.58 bits per heavy atom. The molecule has 66 valence electrons. The molecule has 0 fully saturated rings. The quantitative estimate of drug-likeness (QED) is 0.327. The Balaban J connectivity index is 4.26. The fourth-order valence-electron chi connectivity index (χ4n) is 0.423. The Morgan fingerprint density at radius 2 is 2.25 bits per heavy atom. The molecule has 0 aliphatic rings. The van der Waals surface area contributed by atoms with Crippen LogP contribution in [-0.2, 0) is 9.59 Å². The van der Waals surface area contributed by atoms with Crippen LogP contribution < -0.4 is 4.89 Å². The summed E-state index contributed by atoms with van der Waals surface area (Å²) in [6.07, 6.45) is -0.782. The molecule has 0 saturated heterocycles. The van der Waals surface area contributed by atoms with E-state index in [-0.39, 0.29) is 6.42 Å². The minimum absolute atomic E-state index is 0.241. The van der Waals surface area contributed by atoms with Gasteiger partial charge in [-0.15, -0.1) is 0 Å². The number of carbonyl (C=O) groups excluding carboxylic acids is 1. The summed E-state index contributed by atoms with van der Waals surface area (Å²) in [6.45, 7) is 0. The molecule has 1 atom stereocenters. The summed E-state index contributed by atoms with van der Waals surface area (Å²) in [5, 5.41) is 16.6. The molecule has 0 aromatic carbocycles. The maximum absolute atomic E-state index is 10.6. The van der Waals surface area contributed by atoms with Gasteiger partial charge in [0.25, 0.3) is 0 Å². The summed E-state index contributed by atoms with van der Waals surface area (Å²) in [4.78, 5) is 30.6. The highest BCUT2D eigenvalue weighted by atomic mass is 31.1. The third kappa shape index (κ3) is 4.01. The summed E-state index contributed by atoms with van der Waals surface area (Å²) in [5.41, 5.74) is -0.494. The fourth-order valence-corrected chi connectivity index (χ4v) is 0.925. The molecule has 12 heavy (non-hydrogen) atoms. The third-order valence-corrected chi connectivity index (χ3v) is 1.89. The molecule has 0 rings (SSSR count). The lowest BCUT2D eigenvalue weighted by molar-refractivity contribution is -0.155. The van der Waals surface area contributed by atoms with Gasteiger partial charge in [-0.1, -0.05) is 0 Å². The van der Waals surface area contributed by atoms with Crippen molar-refractivity contribution in [3.8, 4) is 0 Å². The van der Waals surface area contributed by atoms with Crippen LogP contribution in [-0.4, -0.2) is 34.3 Å². The lowest BCUT2D eigenvalue weighted by Crippen LogP contribution is -2.03. The lowest BCUT2D eigenvalue weighted by Gasteiger charge is -1.92. The van der Waals surface area contributed by atoms with Gasteiger partial charge >= 0.3 is 5.97 Å². The molecule has 0 radical (unpaired) electrons. The number of carbonyl (C=O) groups is 1. The molecule has 0 amide bonds. The molecule has 0 bridgehead atoms. The van der Waals surface area contributed by atoms with Crippen LogP contribution in [0.3, 0.4) is 0 Å². The number of rotatable bonds is 4. The van der Waals surface area contributed by atoms with Crippen molar-refractivity contribution >= 4 is 25.5 Å². The van der Waals surface area contributed by atoms with E-state index < -0.39 is 25.7 Å². The van der Waals surface area contributed by atoms with Crippen molar-refractivity contribution in [2.24, 2.45) is 0 Å². The highest BCUT2D eigenvalue weighted by molar-refractivity contribution is 7.49. The number of hydrogen-bond donors (Lipinski definition) is 2. The molecule has 1 unspecified atom stereocenters. The highest BCUT2D eigenvalue weighted by Gasteiger charge is 2.07. The van der Waals surface area contributed by atoms with Gasteiger partial charge in [-0.25, -0.2) is 9.59 Å². The van der Waals surface area contributed by atoms with Crippen LogP contribution in [0.1, 0.15) is 6.42 Å². The molecule has 0 heterocycles. The lowest BCUT2D eigenvalue weighted by atomic mass is 10.2. The van der Waals surface area contributed by atoms with Crippen molar-refractivity contribution in [3.05, 3.63) is 5.57 Å². The molecule has 0 spiro atoms. The van der Waals surface area contributed by atoms with Crippen molar-refractivity contribution in [2.75, 3.05) is 6.35 Å². The second-order valence-electron chi connectivity index (χ2n) is 1.83. The van der Waals surface area contributed by atoms with Gasteiger partial charge in [0.2, 0.25) is 0 Å². The van der Waals surface area contributed by atoms with Crippen LogP contribution >= 0.6 is 7.77 Å². The number of aliphatic hydroxyl groups is 1. The molecule has 2 N–H and O–H groups in total. The van der Waals surface area contributed by atoms with E-state index in [4.69, 9.17) is 10.2 Å². The molecule has 0 aromatic rings. The summed E-state index contributed by atoms with van der Waals surface area (Å²) < 4.78 is 0. The van der Waals surface area contributed by atoms with Gasteiger partial charge in [0, 0.05) is 6.42 Å². The highest BCUT2D eigenvalue weighted by Crippen LogP contribution is 2.08. The summed E-state index contributed by atoms with van der Waals surface area (Å²) in [5.74, 6) is 0.893. The van der Waals surface area contributed by atoms with Crippen LogP contribution in [0.5, 0.6) is 0 Å². The zero-order chi connectivity index (χ0) is 9.56. The number of carboxylic acids is 1. The second kappa shape index (κ2) is 5.63. The zero-order valence-corrected chi connectivity index (χ0v) is 6.95. The second-order valence-corrected chi connectivity index (χ2v) is 3.31. The minimum Gasteiger partial charge on any atom is -0.629 e. The molecular formula is C6H7O5P. The predicted octanol–water partition coefficient (Wildman–Crippen LogP) is -1.27. The Hall–Kier alpha value is -0.990. The Kier molecular flexibility index (Phi) is 5.17. The minimum atomic E-state index is -1.92. The van der Waals surface area contributed by atoms with E-state index in [1.807, 2.05) is 0 Å². The summed E-state index contributed by atoms with van der Waals surface area (Å²) in [7, 11) is -1.92. The molecule has 0 saturated carbocycles. The third-order valence-electron chi connectivity index (χ3n) is 1.02. The fraction of sp³-hybridized carbons (Fsp3) is 0.333. The van der Waals surface area contributed by atoms with E-state index >= 15 is 0 Å². The van der Waals surface area contributed by atoms with Crippen LogP contribution in [0.15, 0.2) is 5.57 Å². The average molecular weight is 190 g/mol. The molecule has 0 aliphatic carbocycles. The topological polar surface area (TPSA) is 97.7 Å². The van der Waals surface area contributed by atoms with E-state index in [1.54, 1.807) is 0 Å². The molecule has 5 nitrogen and oxygen atoms in total. The summed E-state index contributed by atoms with van der Waals surface area (Å²) in [6, 6.07) is 0. The van der Waals surface area contributed by atoms with Crippen molar-refractivity contribution in [1.29, 1.82) is 0 Å².